The van der Waals surface area contributed by atoms with Crippen molar-refractivity contribution >= 4 is 29.2 Å². The molecule has 0 spiro atoms. The first-order valence-corrected chi connectivity index (χ1v) is 6.96. The van der Waals surface area contributed by atoms with Crippen LogP contribution in [0.3, 0.4) is 0 Å². The molecule has 1 amide bonds. The highest BCUT2D eigenvalue weighted by molar-refractivity contribution is 5.98. The number of hydrogen-bond donors (Lipinski definition) is 2. The maximum Gasteiger partial charge on any atom is 0.253 e. The molecule has 120 valence electrons. The van der Waals surface area contributed by atoms with Gasteiger partial charge in [0.1, 0.15) is 5.75 Å². The Labute approximate surface area is 136 Å². The number of nitrogens with zero attached hydrogens (tertiary/aromatic N) is 1. The number of carbonyl (C=O) groups is 1. The quantitative estimate of drug-likeness (QED) is 0.886. The van der Waals surface area contributed by atoms with E-state index in [0.29, 0.717) is 17.8 Å². The largest absolute Gasteiger partial charge is 0.497 e. The summed E-state index contributed by atoms with van der Waals surface area (Å²) in [7, 11) is 3.49. The zero-order valence-electron chi connectivity index (χ0n) is 13.3. The van der Waals surface area contributed by atoms with Gasteiger partial charge in [0, 0.05) is 24.0 Å². The number of halogens is 1. The maximum absolute atomic E-state index is 12.2. The number of benzene rings is 1. The first kappa shape index (κ1) is 18.2. The normalized spacial score (nSPS) is 11.6. The average molecular weight is 324 g/mol. The third kappa shape index (κ3) is 4.08. The van der Waals surface area contributed by atoms with Crippen LogP contribution < -0.4 is 15.4 Å². The fourth-order valence-electron chi connectivity index (χ4n) is 2.04. The van der Waals surface area contributed by atoms with Gasteiger partial charge in [-0.15, -0.1) is 12.4 Å². The number of methoxy groups -OCH3 is 1. The standard InChI is InChI=1S/C16H21N3O2.ClH/c1-10(17-3)9-18-16(20)14-7-12-5-6-13(21-4)8-15(12)19-11(14)2;/h5-8,10,17H,9H2,1-4H3,(H,18,20);1H. The number of likely N-dealkylation sites (N-methyl/N-ethyl adjacent to an activating group) is 1. The lowest BCUT2D eigenvalue weighted by atomic mass is 10.1. The van der Waals surface area contributed by atoms with E-state index in [2.05, 4.69) is 15.6 Å². The smallest absolute Gasteiger partial charge is 0.253 e. The summed E-state index contributed by atoms with van der Waals surface area (Å²) in [5, 5.41) is 6.92. The van der Waals surface area contributed by atoms with Gasteiger partial charge in [0.15, 0.2) is 0 Å². The van der Waals surface area contributed by atoms with Gasteiger partial charge in [-0.25, -0.2) is 0 Å². The molecule has 0 saturated heterocycles. The number of ether oxygens (including phenoxy) is 1. The lowest BCUT2D eigenvalue weighted by Crippen LogP contribution is -2.37. The first-order valence-electron chi connectivity index (χ1n) is 6.96. The molecule has 0 fully saturated rings. The van der Waals surface area contributed by atoms with Crippen LogP contribution in [0, 0.1) is 6.92 Å². The number of fused-ring (bicyclic) bond motifs is 1. The van der Waals surface area contributed by atoms with E-state index in [1.807, 2.05) is 45.2 Å². The number of pyridine rings is 1. The van der Waals surface area contributed by atoms with Crippen LogP contribution in [0.5, 0.6) is 5.75 Å². The molecule has 0 bridgehead atoms. The molecular weight excluding hydrogens is 302 g/mol. The van der Waals surface area contributed by atoms with E-state index in [-0.39, 0.29) is 24.4 Å². The van der Waals surface area contributed by atoms with Gasteiger partial charge in [-0.2, -0.15) is 0 Å². The lowest BCUT2D eigenvalue weighted by molar-refractivity contribution is 0.0949. The Bertz CT molecular complexity index is 661. The molecule has 2 aromatic rings. The molecule has 1 atom stereocenters. The molecule has 1 aromatic heterocycles. The molecule has 5 nitrogen and oxygen atoms in total. The van der Waals surface area contributed by atoms with Gasteiger partial charge in [-0.05, 0) is 39.1 Å². The summed E-state index contributed by atoms with van der Waals surface area (Å²) in [5.74, 6) is 0.661. The summed E-state index contributed by atoms with van der Waals surface area (Å²) in [5.41, 5.74) is 2.15. The summed E-state index contributed by atoms with van der Waals surface area (Å²) >= 11 is 0. The molecule has 1 aromatic carbocycles. The molecule has 0 aliphatic rings. The number of carbonyl (C=O) groups excluding carboxylic acids is 1. The van der Waals surface area contributed by atoms with Gasteiger partial charge in [-0.1, -0.05) is 0 Å². The van der Waals surface area contributed by atoms with Crippen molar-refractivity contribution in [1.82, 2.24) is 15.6 Å². The van der Waals surface area contributed by atoms with Crippen LogP contribution in [0.4, 0.5) is 0 Å². The summed E-state index contributed by atoms with van der Waals surface area (Å²) in [6, 6.07) is 7.74. The van der Waals surface area contributed by atoms with Crippen molar-refractivity contribution in [2.24, 2.45) is 0 Å². The highest BCUT2D eigenvalue weighted by Gasteiger charge is 2.12. The number of rotatable bonds is 5. The van der Waals surface area contributed by atoms with Gasteiger partial charge < -0.3 is 15.4 Å². The number of amides is 1. The van der Waals surface area contributed by atoms with E-state index >= 15 is 0 Å². The van der Waals surface area contributed by atoms with Gasteiger partial charge in [0.25, 0.3) is 5.91 Å². The number of aromatic nitrogens is 1. The summed E-state index contributed by atoms with van der Waals surface area (Å²) in [4.78, 5) is 16.7. The van der Waals surface area contributed by atoms with Crippen LogP contribution in [-0.2, 0) is 0 Å². The van der Waals surface area contributed by atoms with Crippen molar-refractivity contribution in [3.05, 3.63) is 35.5 Å². The second-order valence-electron chi connectivity index (χ2n) is 5.08. The van der Waals surface area contributed by atoms with Gasteiger partial charge >= 0.3 is 0 Å². The topological polar surface area (TPSA) is 63.2 Å². The van der Waals surface area contributed by atoms with Crippen LogP contribution in [0.25, 0.3) is 10.9 Å². The summed E-state index contributed by atoms with van der Waals surface area (Å²) in [6.45, 7) is 4.43. The predicted molar refractivity (Wildman–Crippen MR) is 91.1 cm³/mol. The van der Waals surface area contributed by atoms with Crippen molar-refractivity contribution in [2.75, 3.05) is 20.7 Å². The number of aryl methyl sites for hydroxylation is 1. The predicted octanol–water partition coefficient (Wildman–Crippen LogP) is 2.31. The minimum Gasteiger partial charge on any atom is -0.497 e. The fourth-order valence-corrected chi connectivity index (χ4v) is 2.04. The second-order valence-corrected chi connectivity index (χ2v) is 5.08. The Morgan fingerprint density at radius 1 is 1.36 bits per heavy atom. The maximum atomic E-state index is 12.2. The zero-order valence-corrected chi connectivity index (χ0v) is 14.1. The molecule has 22 heavy (non-hydrogen) atoms. The second kappa shape index (κ2) is 7.96. The Balaban J connectivity index is 0.00000242. The minimum atomic E-state index is -0.0974. The van der Waals surface area contributed by atoms with Crippen LogP contribution in [0.15, 0.2) is 24.3 Å². The Kier molecular flexibility index (Phi) is 6.59. The van der Waals surface area contributed by atoms with Gasteiger partial charge in [-0.3, -0.25) is 9.78 Å². The van der Waals surface area contributed by atoms with E-state index in [9.17, 15) is 4.79 Å². The van der Waals surface area contributed by atoms with Gasteiger partial charge in [0.2, 0.25) is 0 Å². The molecule has 0 saturated carbocycles. The van der Waals surface area contributed by atoms with Crippen molar-refractivity contribution in [2.45, 2.75) is 19.9 Å². The first-order chi connectivity index (χ1) is 10.0. The van der Waals surface area contributed by atoms with Gasteiger partial charge in [0.05, 0.1) is 23.9 Å². The van der Waals surface area contributed by atoms with Crippen molar-refractivity contribution in [3.8, 4) is 5.75 Å². The molecule has 1 unspecified atom stereocenters. The van der Waals surface area contributed by atoms with Crippen molar-refractivity contribution in [3.63, 3.8) is 0 Å². The molecule has 0 aliphatic carbocycles. The highest BCUT2D eigenvalue weighted by Crippen LogP contribution is 2.21. The third-order valence-corrected chi connectivity index (χ3v) is 3.52. The molecule has 2 rings (SSSR count). The fraction of sp³-hybridized carbons (Fsp3) is 0.375. The van der Waals surface area contributed by atoms with E-state index in [0.717, 1.165) is 16.7 Å². The molecular formula is C16H22ClN3O2. The number of nitrogens with one attached hydrogen (secondary N) is 2. The monoisotopic (exact) mass is 323 g/mol. The lowest BCUT2D eigenvalue weighted by Gasteiger charge is -2.13. The zero-order chi connectivity index (χ0) is 15.4. The van der Waals surface area contributed by atoms with Crippen LogP contribution in [-0.4, -0.2) is 37.6 Å². The van der Waals surface area contributed by atoms with Crippen LogP contribution in [0.2, 0.25) is 0 Å². The average Bonchev–Trinajstić information content (AvgIpc) is 2.50. The summed E-state index contributed by atoms with van der Waals surface area (Å²) < 4.78 is 5.19. The molecule has 2 N–H and O–H groups in total. The Morgan fingerprint density at radius 2 is 2.09 bits per heavy atom. The Hall–Kier alpha value is -1.85. The number of hydrogen-bond acceptors (Lipinski definition) is 4. The highest BCUT2D eigenvalue weighted by atomic mass is 35.5. The van der Waals surface area contributed by atoms with E-state index < -0.39 is 0 Å². The molecule has 0 aliphatic heterocycles. The molecule has 1 heterocycles. The SMILES string of the molecule is CNC(C)CNC(=O)c1cc2ccc(OC)cc2nc1C.Cl. The van der Waals surface area contributed by atoms with E-state index in [4.69, 9.17) is 4.74 Å². The Morgan fingerprint density at radius 3 is 2.73 bits per heavy atom. The van der Waals surface area contributed by atoms with Crippen LogP contribution in [0.1, 0.15) is 23.0 Å². The van der Waals surface area contributed by atoms with Crippen molar-refractivity contribution in [1.29, 1.82) is 0 Å². The molecule has 6 heteroatoms. The third-order valence-electron chi connectivity index (χ3n) is 3.52. The molecule has 0 radical (unpaired) electrons. The minimum absolute atomic E-state index is 0. The van der Waals surface area contributed by atoms with Crippen molar-refractivity contribution < 1.29 is 9.53 Å². The van der Waals surface area contributed by atoms with E-state index in [1.54, 1.807) is 7.11 Å². The van der Waals surface area contributed by atoms with E-state index in [1.165, 1.54) is 0 Å². The van der Waals surface area contributed by atoms with Crippen LogP contribution >= 0.6 is 12.4 Å². The summed E-state index contributed by atoms with van der Waals surface area (Å²) in [6.07, 6.45) is 0.